The van der Waals surface area contributed by atoms with Gasteiger partial charge in [-0.25, -0.2) is 12.8 Å². The summed E-state index contributed by atoms with van der Waals surface area (Å²) in [4.78, 5) is 0. The van der Waals surface area contributed by atoms with E-state index < -0.39 is 21.4 Å². The van der Waals surface area contributed by atoms with E-state index in [0.717, 1.165) is 11.8 Å². The molecule has 0 aliphatic rings. The molecule has 0 aliphatic carbocycles. The largest absolute Gasteiger partial charge is 0.337 e. The molecular weight excluding hydrogens is 401 g/mol. The van der Waals surface area contributed by atoms with Crippen LogP contribution in [0.2, 0.25) is 5.02 Å². The summed E-state index contributed by atoms with van der Waals surface area (Å²) in [5, 5.41) is 1.25. The number of fused-ring (bicyclic) bond motifs is 1. The highest BCUT2D eigenvalue weighted by Crippen LogP contribution is 2.39. The number of benzene rings is 2. The van der Waals surface area contributed by atoms with Gasteiger partial charge in [0.15, 0.2) is 0 Å². The SMILES string of the molecule is CCC(CCN)(c1ccc(Cl)cc1)n1ccc2c(NS(C)(=O)=O)cc(F)cc21. The van der Waals surface area contributed by atoms with Gasteiger partial charge < -0.3 is 10.3 Å². The Bertz CT molecular complexity index is 1100. The van der Waals surface area contributed by atoms with Crippen molar-refractivity contribution in [3.8, 4) is 0 Å². The summed E-state index contributed by atoms with van der Waals surface area (Å²) in [5.41, 5.74) is 7.24. The van der Waals surface area contributed by atoms with Crippen molar-refractivity contribution in [3.63, 3.8) is 0 Å². The van der Waals surface area contributed by atoms with Crippen molar-refractivity contribution in [2.45, 2.75) is 25.3 Å². The highest BCUT2D eigenvalue weighted by molar-refractivity contribution is 7.92. The molecule has 28 heavy (non-hydrogen) atoms. The zero-order valence-corrected chi connectivity index (χ0v) is 17.3. The molecule has 1 aromatic heterocycles. The average molecular weight is 424 g/mol. The van der Waals surface area contributed by atoms with E-state index in [9.17, 15) is 12.8 Å². The van der Waals surface area contributed by atoms with E-state index >= 15 is 0 Å². The zero-order valence-electron chi connectivity index (χ0n) is 15.7. The fourth-order valence-electron chi connectivity index (χ4n) is 3.82. The smallest absolute Gasteiger partial charge is 0.229 e. The Kier molecular flexibility index (Phi) is 5.70. The zero-order chi connectivity index (χ0) is 20.5. The number of nitrogens with zero attached hydrogens (tertiary/aromatic N) is 1. The molecule has 0 spiro atoms. The Hall–Kier alpha value is -2.09. The summed E-state index contributed by atoms with van der Waals surface area (Å²) in [6, 6.07) is 11.9. The second-order valence-corrected chi connectivity index (χ2v) is 9.06. The first-order chi connectivity index (χ1) is 13.2. The van der Waals surface area contributed by atoms with Gasteiger partial charge in [0, 0.05) is 16.6 Å². The lowest BCUT2D eigenvalue weighted by Crippen LogP contribution is -2.36. The first-order valence-electron chi connectivity index (χ1n) is 8.95. The number of nitrogens with two attached hydrogens (primary N) is 1. The molecule has 0 fully saturated rings. The van der Waals surface area contributed by atoms with Gasteiger partial charge in [0.05, 0.1) is 23.0 Å². The van der Waals surface area contributed by atoms with Crippen LogP contribution in [0.15, 0.2) is 48.7 Å². The molecule has 1 heterocycles. The van der Waals surface area contributed by atoms with E-state index in [-0.39, 0.29) is 5.69 Å². The maximum Gasteiger partial charge on any atom is 0.229 e. The van der Waals surface area contributed by atoms with Crippen LogP contribution >= 0.6 is 11.6 Å². The number of sulfonamides is 1. The summed E-state index contributed by atoms with van der Waals surface area (Å²) >= 11 is 6.06. The topological polar surface area (TPSA) is 77.1 Å². The Morgan fingerprint density at radius 1 is 1.21 bits per heavy atom. The van der Waals surface area contributed by atoms with Gasteiger partial charge in [-0.3, -0.25) is 4.72 Å². The van der Waals surface area contributed by atoms with Gasteiger partial charge in [0.2, 0.25) is 10.0 Å². The number of nitrogens with one attached hydrogen (secondary N) is 1. The molecule has 1 atom stereocenters. The van der Waals surface area contributed by atoms with Gasteiger partial charge in [-0.15, -0.1) is 0 Å². The van der Waals surface area contributed by atoms with Crippen molar-refractivity contribution in [1.29, 1.82) is 0 Å². The molecular formula is C20H23ClFN3O2S. The fourth-order valence-corrected chi connectivity index (χ4v) is 4.51. The number of hydrogen-bond acceptors (Lipinski definition) is 3. The third-order valence-electron chi connectivity index (χ3n) is 5.05. The summed E-state index contributed by atoms with van der Waals surface area (Å²) in [7, 11) is -3.54. The van der Waals surface area contributed by atoms with Gasteiger partial charge in [-0.1, -0.05) is 30.7 Å². The van der Waals surface area contributed by atoms with Crippen LogP contribution < -0.4 is 10.5 Å². The highest BCUT2D eigenvalue weighted by atomic mass is 35.5. The van der Waals surface area contributed by atoms with Crippen molar-refractivity contribution in [2.75, 3.05) is 17.5 Å². The molecule has 3 rings (SSSR count). The molecule has 0 aliphatic heterocycles. The van der Waals surface area contributed by atoms with E-state index in [2.05, 4.69) is 4.72 Å². The van der Waals surface area contributed by atoms with Crippen molar-refractivity contribution < 1.29 is 12.8 Å². The quantitative estimate of drug-likeness (QED) is 0.594. The predicted octanol–water partition coefficient (Wildman–Crippen LogP) is 4.31. The molecule has 0 radical (unpaired) electrons. The highest BCUT2D eigenvalue weighted by Gasteiger charge is 2.33. The minimum Gasteiger partial charge on any atom is -0.337 e. The van der Waals surface area contributed by atoms with Crippen molar-refractivity contribution >= 4 is 38.2 Å². The van der Waals surface area contributed by atoms with Crippen LogP contribution in [0.3, 0.4) is 0 Å². The third kappa shape index (κ3) is 3.87. The van der Waals surface area contributed by atoms with Crippen LogP contribution in [-0.2, 0) is 15.6 Å². The molecule has 0 bridgehead atoms. The van der Waals surface area contributed by atoms with Crippen LogP contribution in [-0.4, -0.2) is 25.8 Å². The van der Waals surface area contributed by atoms with Gasteiger partial charge in [0.1, 0.15) is 5.82 Å². The number of hydrogen-bond donors (Lipinski definition) is 2. The summed E-state index contributed by atoms with van der Waals surface area (Å²) in [5.74, 6) is -0.521. The first-order valence-corrected chi connectivity index (χ1v) is 11.2. The molecule has 3 N–H and O–H groups in total. The van der Waals surface area contributed by atoms with Crippen LogP contribution in [0.1, 0.15) is 25.3 Å². The van der Waals surface area contributed by atoms with Gasteiger partial charge in [0.25, 0.3) is 0 Å². The van der Waals surface area contributed by atoms with Gasteiger partial charge >= 0.3 is 0 Å². The molecule has 1 unspecified atom stereocenters. The Balaban J connectivity index is 2.28. The second-order valence-electron chi connectivity index (χ2n) is 6.88. The maximum absolute atomic E-state index is 14.4. The van der Waals surface area contributed by atoms with Crippen molar-refractivity contribution in [1.82, 2.24) is 4.57 Å². The molecule has 150 valence electrons. The van der Waals surface area contributed by atoms with E-state index in [4.69, 9.17) is 17.3 Å². The van der Waals surface area contributed by atoms with E-state index in [1.807, 2.05) is 42.0 Å². The minimum atomic E-state index is -3.54. The van der Waals surface area contributed by atoms with E-state index in [1.54, 1.807) is 6.07 Å². The summed E-state index contributed by atoms with van der Waals surface area (Å²) in [6.45, 7) is 2.48. The predicted molar refractivity (Wildman–Crippen MR) is 113 cm³/mol. The lowest BCUT2D eigenvalue weighted by atomic mass is 9.83. The lowest BCUT2D eigenvalue weighted by molar-refractivity contribution is 0.330. The molecule has 0 saturated heterocycles. The van der Waals surface area contributed by atoms with Crippen molar-refractivity contribution in [3.05, 3.63) is 65.1 Å². The van der Waals surface area contributed by atoms with E-state index in [0.29, 0.717) is 35.3 Å². The molecule has 3 aromatic rings. The Morgan fingerprint density at radius 2 is 1.89 bits per heavy atom. The molecule has 0 saturated carbocycles. The number of rotatable bonds is 7. The average Bonchev–Trinajstić information content (AvgIpc) is 3.03. The van der Waals surface area contributed by atoms with Crippen LogP contribution in [0.5, 0.6) is 0 Å². The van der Waals surface area contributed by atoms with Crippen LogP contribution in [0.25, 0.3) is 10.9 Å². The summed E-state index contributed by atoms with van der Waals surface area (Å²) < 4.78 is 42.2. The maximum atomic E-state index is 14.4. The first kappa shape index (κ1) is 20.6. The van der Waals surface area contributed by atoms with Gasteiger partial charge in [-0.2, -0.15) is 0 Å². The minimum absolute atomic E-state index is 0.213. The fraction of sp³-hybridized carbons (Fsp3) is 0.300. The molecule has 0 amide bonds. The standard InChI is InChI=1S/C20H23ClFN3O2S/c1-3-20(9-10-23,14-4-6-15(21)7-5-14)25-11-8-17-18(24-28(2,26)27)12-16(22)13-19(17)25/h4-8,11-13,24H,3,9-10,23H2,1-2H3. The lowest BCUT2D eigenvalue weighted by Gasteiger charge is -2.36. The number of halogens is 2. The molecule has 8 heteroatoms. The number of aromatic nitrogens is 1. The number of anilines is 1. The van der Waals surface area contributed by atoms with Crippen LogP contribution in [0, 0.1) is 5.82 Å². The van der Waals surface area contributed by atoms with E-state index in [1.165, 1.54) is 12.1 Å². The third-order valence-corrected chi connectivity index (χ3v) is 5.90. The normalized spacial score (nSPS) is 14.2. The van der Waals surface area contributed by atoms with Crippen molar-refractivity contribution in [2.24, 2.45) is 5.73 Å². The second kappa shape index (κ2) is 7.73. The Labute approximate surface area is 169 Å². The summed E-state index contributed by atoms with van der Waals surface area (Å²) in [6.07, 6.45) is 4.23. The molecule has 2 aromatic carbocycles. The Morgan fingerprint density at radius 3 is 2.46 bits per heavy atom. The van der Waals surface area contributed by atoms with Crippen LogP contribution in [0.4, 0.5) is 10.1 Å². The molecule has 5 nitrogen and oxygen atoms in total. The van der Waals surface area contributed by atoms with Gasteiger partial charge in [-0.05, 0) is 55.3 Å². The monoisotopic (exact) mass is 423 g/mol.